The van der Waals surface area contributed by atoms with Crippen LogP contribution < -0.4 is 0 Å². The van der Waals surface area contributed by atoms with Crippen LogP contribution in [0.3, 0.4) is 0 Å². The minimum absolute atomic E-state index is 0.304. The van der Waals surface area contributed by atoms with Crippen molar-refractivity contribution >= 4 is 11.0 Å². The molecule has 1 saturated heterocycles. The molecule has 0 atom stereocenters. The number of piperidine rings is 1. The van der Waals surface area contributed by atoms with E-state index in [1.54, 1.807) is 26.2 Å². The van der Waals surface area contributed by atoms with Gasteiger partial charge in [0.1, 0.15) is 11.6 Å². The Kier molecular flexibility index (Phi) is 7.47. The van der Waals surface area contributed by atoms with Crippen molar-refractivity contribution in [3.8, 4) is 6.07 Å². The molecule has 2 heterocycles. The number of methoxy groups -OCH3 is 1. The van der Waals surface area contributed by atoms with Crippen molar-refractivity contribution < 1.29 is 18.4 Å². The van der Waals surface area contributed by atoms with Crippen molar-refractivity contribution in [2.75, 3.05) is 33.4 Å². The average Bonchev–Trinajstić information content (AvgIpc) is 3.18. The number of benzene rings is 1. The highest BCUT2D eigenvalue weighted by Crippen LogP contribution is 2.32. The molecule has 0 amide bonds. The van der Waals surface area contributed by atoms with E-state index in [-0.39, 0.29) is 5.82 Å². The molecule has 0 N–H and O–H groups in total. The van der Waals surface area contributed by atoms with Crippen LogP contribution in [0.2, 0.25) is 0 Å². The number of nitrogens with zero attached hydrogens (tertiary/aromatic N) is 3. The Morgan fingerprint density at radius 1 is 1.37 bits per heavy atom. The summed E-state index contributed by atoms with van der Waals surface area (Å²) in [5.41, 5.74) is 2.03. The van der Waals surface area contributed by atoms with Crippen LogP contribution in [-0.4, -0.2) is 43.4 Å². The van der Waals surface area contributed by atoms with Gasteiger partial charge in [0.05, 0.1) is 25.5 Å². The van der Waals surface area contributed by atoms with E-state index < -0.39 is 0 Å². The van der Waals surface area contributed by atoms with Crippen LogP contribution in [0.4, 0.5) is 4.39 Å². The van der Waals surface area contributed by atoms with Crippen molar-refractivity contribution in [1.82, 2.24) is 10.1 Å². The zero-order valence-corrected chi connectivity index (χ0v) is 17.8. The van der Waals surface area contributed by atoms with Crippen LogP contribution in [0.25, 0.3) is 11.0 Å². The first kappa shape index (κ1) is 21.8. The number of fused-ring (bicyclic) bond motifs is 1. The van der Waals surface area contributed by atoms with Gasteiger partial charge in [0, 0.05) is 29.5 Å². The van der Waals surface area contributed by atoms with Gasteiger partial charge in [-0.15, -0.1) is 0 Å². The molecular weight excluding hydrogens is 385 g/mol. The molecule has 7 heteroatoms. The standard InChI is InChI=1S/C23H28FN3O3/c1-16(15-25)13-21(28-3)17(2)29-12-4-9-27-10-7-18(8-11-27)23-20-6-5-19(24)14-22(20)30-26-23/h5-6,13-14,18H,4,7-12H2,1-3H3. The van der Waals surface area contributed by atoms with Gasteiger partial charge in [0.15, 0.2) is 11.3 Å². The maximum Gasteiger partial charge on any atom is 0.170 e. The van der Waals surface area contributed by atoms with Gasteiger partial charge in [-0.3, -0.25) is 0 Å². The lowest BCUT2D eigenvalue weighted by Gasteiger charge is -2.31. The molecule has 160 valence electrons. The number of hydrogen-bond acceptors (Lipinski definition) is 6. The first-order valence-electron chi connectivity index (χ1n) is 10.2. The predicted octanol–water partition coefficient (Wildman–Crippen LogP) is 4.90. The largest absolute Gasteiger partial charge is 0.494 e. The Bertz CT molecular complexity index is 966. The van der Waals surface area contributed by atoms with E-state index in [0.29, 0.717) is 35.2 Å². The molecule has 0 spiro atoms. The molecular formula is C23H28FN3O3. The normalized spacial score (nSPS) is 17.0. The second kappa shape index (κ2) is 10.3. The highest BCUT2D eigenvalue weighted by molar-refractivity contribution is 5.79. The van der Waals surface area contributed by atoms with E-state index in [4.69, 9.17) is 19.3 Å². The second-order valence-corrected chi connectivity index (χ2v) is 7.59. The van der Waals surface area contributed by atoms with E-state index >= 15 is 0 Å². The fourth-order valence-corrected chi connectivity index (χ4v) is 3.77. The quantitative estimate of drug-likeness (QED) is 0.265. The summed E-state index contributed by atoms with van der Waals surface area (Å²) in [7, 11) is 1.57. The zero-order chi connectivity index (χ0) is 21.5. The van der Waals surface area contributed by atoms with Gasteiger partial charge in [0.25, 0.3) is 0 Å². The second-order valence-electron chi connectivity index (χ2n) is 7.59. The van der Waals surface area contributed by atoms with Gasteiger partial charge >= 0.3 is 0 Å². The molecule has 0 radical (unpaired) electrons. The highest BCUT2D eigenvalue weighted by Gasteiger charge is 2.25. The topological polar surface area (TPSA) is 71.5 Å². The summed E-state index contributed by atoms with van der Waals surface area (Å²) in [6.07, 6.45) is 4.60. The Hall–Kier alpha value is -2.85. The molecule has 6 nitrogen and oxygen atoms in total. The lowest BCUT2D eigenvalue weighted by Crippen LogP contribution is -2.34. The van der Waals surface area contributed by atoms with Crippen LogP contribution >= 0.6 is 0 Å². The SMILES string of the molecule is COC(C=C(C)C#N)=C(C)OCCCN1CCC(c2noc3cc(F)ccc23)CC1. The Morgan fingerprint density at radius 2 is 2.13 bits per heavy atom. The summed E-state index contributed by atoms with van der Waals surface area (Å²) in [6, 6.07) is 6.69. The first-order chi connectivity index (χ1) is 14.5. The minimum Gasteiger partial charge on any atom is -0.494 e. The van der Waals surface area contributed by atoms with Gasteiger partial charge in [-0.2, -0.15) is 5.26 Å². The average molecular weight is 413 g/mol. The number of allylic oxidation sites excluding steroid dienone is 3. The van der Waals surface area contributed by atoms with Gasteiger partial charge in [0.2, 0.25) is 0 Å². The first-order valence-corrected chi connectivity index (χ1v) is 10.2. The van der Waals surface area contributed by atoms with Crippen LogP contribution in [0.5, 0.6) is 0 Å². The van der Waals surface area contributed by atoms with E-state index in [1.807, 2.05) is 6.92 Å². The Balaban J connectivity index is 1.44. The third-order valence-corrected chi connectivity index (χ3v) is 5.46. The minimum atomic E-state index is -0.304. The van der Waals surface area contributed by atoms with E-state index in [9.17, 15) is 4.39 Å². The lowest BCUT2D eigenvalue weighted by molar-refractivity contribution is 0.152. The molecule has 1 aliphatic rings. The number of aromatic nitrogens is 1. The Labute approximate surface area is 176 Å². The van der Waals surface area contributed by atoms with Crippen LogP contribution in [0.15, 0.2) is 45.9 Å². The van der Waals surface area contributed by atoms with E-state index in [1.165, 1.54) is 12.1 Å². The molecule has 0 bridgehead atoms. The van der Waals surface area contributed by atoms with Crippen LogP contribution in [0.1, 0.15) is 44.7 Å². The van der Waals surface area contributed by atoms with Gasteiger partial charge in [-0.05, 0) is 64.4 Å². The lowest BCUT2D eigenvalue weighted by atomic mass is 9.91. The predicted molar refractivity (Wildman–Crippen MR) is 112 cm³/mol. The third-order valence-electron chi connectivity index (χ3n) is 5.46. The number of rotatable bonds is 8. The van der Waals surface area contributed by atoms with Crippen molar-refractivity contribution in [3.63, 3.8) is 0 Å². The summed E-state index contributed by atoms with van der Waals surface area (Å²) in [5, 5.41) is 14.0. The van der Waals surface area contributed by atoms with Crippen molar-refractivity contribution in [2.45, 2.75) is 39.0 Å². The maximum absolute atomic E-state index is 13.3. The number of ether oxygens (including phenoxy) is 2. The summed E-state index contributed by atoms with van der Waals surface area (Å²) < 4.78 is 29.7. The van der Waals surface area contributed by atoms with Crippen LogP contribution in [0, 0.1) is 17.1 Å². The maximum atomic E-state index is 13.3. The molecule has 0 unspecified atom stereocenters. The summed E-state index contributed by atoms with van der Waals surface area (Å²) in [6.45, 7) is 7.11. The highest BCUT2D eigenvalue weighted by atomic mass is 19.1. The number of nitriles is 1. The summed E-state index contributed by atoms with van der Waals surface area (Å²) in [5.74, 6) is 1.30. The van der Waals surface area contributed by atoms with Crippen molar-refractivity contribution in [3.05, 3.63) is 52.9 Å². The van der Waals surface area contributed by atoms with Gasteiger partial charge in [-0.1, -0.05) is 5.16 Å². The smallest absolute Gasteiger partial charge is 0.170 e. The molecule has 1 fully saturated rings. The Morgan fingerprint density at radius 3 is 2.83 bits per heavy atom. The molecule has 1 aromatic heterocycles. The molecule has 3 rings (SSSR count). The number of halogens is 1. The molecule has 0 aliphatic carbocycles. The number of hydrogen-bond donors (Lipinski definition) is 0. The summed E-state index contributed by atoms with van der Waals surface area (Å²) in [4.78, 5) is 2.43. The molecule has 0 saturated carbocycles. The third kappa shape index (κ3) is 5.39. The van der Waals surface area contributed by atoms with Crippen molar-refractivity contribution in [2.24, 2.45) is 0 Å². The van der Waals surface area contributed by atoms with Gasteiger partial charge in [-0.25, -0.2) is 4.39 Å². The monoisotopic (exact) mass is 413 g/mol. The van der Waals surface area contributed by atoms with Crippen LogP contribution in [-0.2, 0) is 9.47 Å². The number of likely N-dealkylation sites (tertiary alicyclic amines) is 1. The fraction of sp³-hybridized carbons (Fsp3) is 0.478. The van der Waals surface area contributed by atoms with Gasteiger partial charge < -0.3 is 18.9 Å². The zero-order valence-electron chi connectivity index (χ0n) is 17.8. The molecule has 1 aromatic carbocycles. The van der Waals surface area contributed by atoms with Crippen molar-refractivity contribution in [1.29, 1.82) is 5.26 Å². The molecule has 30 heavy (non-hydrogen) atoms. The summed E-state index contributed by atoms with van der Waals surface area (Å²) >= 11 is 0. The van der Waals surface area contributed by atoms with E-state index in [2.05, 4.69) is 16.1 Å². The molecule has 2 aromatic rings. The fourth-order valence-electron chi connectivity index (χ4n) is 3.77. The van der Waals surface area contributed by atoms with E-state index in [0.717, 1.165) is 50.0 Å². The molecule has 1 aliphatic heterocycles.